The first-order chi connectivity index (χ1) is 18.4. The lowest BCUT2D eigenvalue weighted by Gasteiger charge is -2.30. The highest BCUT2D eigenvalue weighted by atomic mass is 32.1. The van der Waals surface area contributed by atoms with Gasteiger partial charge in [0.15, 0.2) is 0 Å². The lowest BCUT2D eigenvalue weighted by molar-refractivity contribution is 0.0944. The number of benzene rings is 3. The fourth-order valence-electron chi connectivity index (χ4n) is 5.38. The van der Waals surface area contributed by atoms with E-state index in [1.165, 1.54) is 16.9 Å². The summed E-state index contributed by atoms with van der Waals surface area (Å²) in [7, 11) is 0. The second-order valence-electron chi connectivity index (χ2n) is 9.96. The van der Waals surface area contributed by atoms with E-state index >= 15 is 0 Å². The molecule has 38 heavy (non-hydrogen) atoms. The van der Waals surface area contributed by atoms with Gasteiger partial charge in [0.05, 0.1) is 10.2 Å². The number of hydrogen-bond donors (Lipinski definition) is 1. The Bertz CT molecular complexity index is 1720. The summed E-state index contributed by atoms with van der Waals surface area (Å²) in [4.78, 5) is 34.3. The summed E-state index contributed by atoms with van der Waals surface area (Å²) in [5, 5.41) is 4.42. The molecule has 0 spiro atoms. The molecule has 6 rings (SSSR count). The first kappa shape index (κ1) is 24.4. The molecular weight excluding hydrogens is 494 g/mol. The molecule has 3 aromatic carbocycles. The van der Waals surface area contributed by atoms with Crippen molar-refractivity contribution < 1.29 is 9.21 Å². The minimum absolute atomic E-state index is 0.0241. The van der Waals surface area contributed by atoms with Crippen molar-refractivity contribution in [3.63, 3.8) is 0 Å². The third-order valence-electron chi connectivity index (χ3n) is 7.07. The molecule has 1 N–H and O–H groups in total. The van der Waals surface area contributed by atoms with Gasteiger partial charge in [-0.15, -0.1) is 11.3 Å². The topological polar surface area (TPSA) is 75.4 Å². The number of carbonyl (C=O) groups excluding carboxylic acids is 1. The van der Waals surface area contributed by atoms with Gasteiger partial charge >= 0.3 is 5.63 Å². The quantitative estimate of drug-likeness (QED) is 0.261. The summed E-state index contributed by atoms with van der Waals surface area (Å²) >= 11 is 1.46. The van der Waals surface area contributed by atoms with Crippen molar-refractivity contribution in [2.24, 2.45) is 0 Å². The zero-order valence-corrected chi connectivity index (χ0v) is 22.5. The van der Waals surface area contributed by atoms with Crippen LogP contribution in [0.1, 0.15) is 43.1 Å². The van der Waals surface area contributed by atoms with Gasteiger partial charge in [0.2, 0.25) is 0 Å². The third-order valence-corrected chi connectivity index (χ3v) is 8.13. The molecule has 0 radical (unpaired) electrons. The molecule has 0 saturated heterocycles. The Kier molecular flexibility index (Phi) is 6.24. The molecule has 0 fully saturated rings. The van der Waals surface area contributed by atoms with E-state index in [9.17, 15) is 9.59 Å². The lowest BCUT2D eigenvalue weighted by atomic mass is 9.90. The Labute approximate surface area is 224 Å². The molecule has 0 atom stereocenters. The smallest absolute Gasteiger partial charge is 0.347 e. The van der Waals surface area contributed by atoms with Crippen molar-refractivity contribution in [1.82, 2.24) is 10.3 Å². The zero-order chi connectivity index (χ0) is 26.4. The van der Waals surface area contributed by atoms with E-state index in [0.717, 1.165) is 47.2 Å². The van der Waals surface area contributed by atoms with Gasteiger partial charge in [0.1, 0.15) is 16.2 Å². The summed E-state index contributed by atoms with van der Waals surface area (Å²) in [6.45, 7) is 7.88. The molecule has 1 aliphatic heterocycles. The van der Waals surface area contributed by atoms with E-state index in [1.54, 1.807) is 0 Å². The maximum absolute atomic E-state index is 13.8. The maximum atomic E-state index is 13.8. The van der Waals surface area contributed by atoms with Crippen LogP contribution in [0.5, 0.6) is 0 Å². The van der Waals surface area contributed by atoms with Crippen LogP contribution in [-0.4, -0.2) is 30.0 Å². The fraction of sp³-hybridized carbons (Fsp3) is 0.258. The van der Waals surface area contributed by atoms with E-state index < -0.39 is 5.63 Å². The van der Waals surface area contributed by atoms with Crippen LogP contribution in [0.25, 0.3) is 42.9 Å². The molecule has 0 bridgehead atoms. The predicted octanol–water partition coefficient (Wildman–Crippen LogP) is 6.65. The molecule has 0 aliphatic carbocycles. The first-order valence-corrected chi connectivity index (χ1v) is 13.9. The third kappa shape index (κ3) is 4.17. The van der Waals surface area contributed by atoms with E-state index in [2.05, 4.69) is 23.2 Å². The van der Waals surface area contributed by atoms with Crippen molar-refractivity contribution in [3.8, 4) is 21.7 Å². The van der Waals surface area contributed by atoms with Crippen molar-refractivity contribution >= 4 is 44.1 Å². The Morgan fingerprint density at radius 1 is 1.11 bits per heavy atom. The van der Waals surface area contributed by atoms with Gasteiger partial charge in [-0.05, 0) is 69.0 Å². The first-order valence-electron chi connectivity index (χ1n) is 13.1. The molecule has 5 aromatic rings. The van der Waals surface area contributed by atoms with Gasteiger partial charge in [-0.1, -0.05) is 30.3 Å². The molecule has 1 amide bonds. The van der Waals surface area contributed by atoms with Crippen LogP contribution in [0.15, 0.2) is 69.9 Å². The molecule has 192 valence electrons. The number of aromatic nitrogens is 1. The minimum atomic E-state index is -0.454. The Morgan fingerprint density at radius 2 is 1.89 bits per heavy atom. The van der Waals surface area contributed by atoms with E-state index in [0.29, 0.717) is 32.8 Å². The largest absolute Gasteiger partial charge is 0.422 e. The van der Waals surface area contributed by atoms with Crippen LogP contribution in [0.3, 0.4) is 0 Å². The summed E-state index contributed by atoms with van der Waals surface area (Å²) in [5.41, 5.74) is 5.53. The average molecular weight is 524 g/mol. The van der Waals surface area contributed by atoms with Gasteiger partial charge < -0.3 is 14.6 Å². The Hall–Kier alpha value is -3.97. The van der Waals surface area contributed by atoms with E-state index in [1.807, 2.05) is 68.4 Å². The second kappa shape index (κ2) is 9.72. The SMILES string of the molecule is CCN1CCCc2cc3c(-c4ccccc4C(=O)NC(C)C)c(-c4nc5ccccc5s4)c(=O)oc3cc21. The number of hydrogen-bond acceptors (Lipinski definition) is 6. The number of carbonyl (C=O) groups is 1. The highest BCUT2D eigenvalue weighted by molar-refractivity contribution is 7.21. The number of amides is 1. The molecular formula is C31H29N3O3S. The van der Waals surface area contributed by atoms with Crippen LogP contribution >= 0.6 is 11.3 Å². The van der Waals surface area contributed by atoms with Crippen LogP contribution in [0.2, 0.25) is 0 Å². The highest BCUT2D eigenvalue weighted by Gasteiger charge is 2.26. The number of rotatable bonds is 5. The highest BCUT2D eigenvalue weighted by Crippen LogP contribution is 2.42. The fourth-order valence-corrected chi connectivity index (χ4v) is 6.38. The number of para-hydroxylation sites is 1. The Balaban J connectivity index is 1.70. The van der Waals surface area contributed by atoms with Gasteiger partial charge in [0.25, 0.3) is 5.91 Å². The molecule has 2 aromatic heterocycles. The number of thiazole rings is 1. The summed E-state index contributed by atoms with van der Waals surface area (Å²) in [5.74, 6) is -0.178. The zero-order valence-electron chi connectivity index (χ0n) is 21.7. The minimum Gasteiger partial charge on any atom is -0.422 e. The summed E-state index contributed by atoms with van der Waals surface area (Å²) < 4.78 is 7.00. The molecule has 7 heteroatoms. The molecule has 0 saturated carbocycles. The van der Waals surface area contributed by atoms with Gasteiger partial charge in [-0.2, -0.15) is 0 Å². The van der Waals surface area contributed by atoms with Crippen molar-refractivity contribution in [1.29, 1.82) is 0 Å². The number of fused-ring (bicyclic) bond motifs is 3. The van der Waals surface area contributed by atoms with Crippen LogP contribution in [0.4, 0.5) is 5.69 Å². The standard InChI is InChI=1S/C31H29N3O3S/c1-4-34-15-9-10-19-16-22-25(17-24(19)34)37-31(36)28(30-33-23-13-7-8-14-26(23)38-30)27(22)20-11-5-6-12-21(20)29(35)32-18(2)3/h5-8,11-14,16-18H,4,9-10,15H2,1-3H3,(H,32,35). The van der Waals surface area contributed by atoms with Crippen molar-refractivity contribution in [2.75, 3.05) is 18.0 Å². The average Bonchev–Trinajstić information content (AvgIpc) is 3.34. The van der Waals surface area contributed by atoms with Gasteiger partial charge in [0, 0.05) is 47.4 Å². The van der Waals surface area contributed by atoms with Crippen LogP contribution in [0, 0.1) is 0 Å². The van der Waals surface area contributed by atoms with E-state index in [4.69, 9.17) is 9.40 Å². The molecule has 3 heterocycles. The lowest BCUT2D eigenvalue weighted by Crippen LogP contribution is -2.30. The van der Waals surface area contributed by atoms with Crippen LogP contribution in [-0.2, 0) is 6.42 Å². The molecule has 1 aliphatic rings. The van der Waals surface area contributed by atoms with Crippen LogP contribution < -0.4 is 15.8 Å². The Morgan fingerprint density at radius 3 is 2.68 bits per heavy atom. The predicted molar refractivity (Wildman–Crippen MR) is 155 cm³/mol. The monoisotopic (exact) mass is 523 g/mol. The van der Waals surface area contributed by atoms with E-state index in [-0.39, 0.29) is 11.9 Å². The number of nitrogens with one attached hydrogen (secondary N) is 1. The normalized spacial score (nSPS) is 13.3. The van der Waals surface area contributed by atoms with Gasteiger partial charge in [-0.25, -0.2) is 9.78 Å². The number of nitrogens with zero attached hydrogens (tertiary/aromatic N) is 2. The summed E-state index contributed by atoms with van der Waals surface area (Å²) in [6, 6.07) is 19.4. The second-order valence-corrected chi connectivity index (χ2v) is 11.0. The maximum Gasteiger partial charge on any atom is 0.347 e. The van der Waals surface area contributed by atoms with Gasteiger partial charge in [-0.3, -0.25) is 4.79 Å². The molecule has 0 unspecified atom stereocenters. The molecule has 6 nitrogen and oxygen atoms in total. The van der Waals surface area contributed by atoms with Crippen molar-refractivity contribution in [2.45, 2.75) is 39.7 Å². The number of anilines is 1. The summed E-state index contributed by atoms with van der Waals surface area (Å²) in [6.07, 6.45) is 2.02. The van der Waals surface area contributed by atoms with Crippen molar-refractivity contribution in [3.05, 3.63) is 82.2 Å². The number of aryl methyl sites for hydroxylation is 1.